The summed E-state index contributed by atoms with van der Waals surface area (Å²) in [5.41, 5.74) is 1.01. The molecule has 1 aromatic rings. The van der Waals surface area contributed by atoms with Crippen LogP contribution in [-0.4, -0.2) is 54.5 Å². The molecule has 5 nitrogen and oxygen atoms in total. The SMILES string of the molecule is CN(Cc1ccccc1C(=O)O)CC1(CO)CCOCC1. The van der Waals surface area contributed by atoms with Crippen LogP contribution >= 0.6 is 0 Å². The van der Waals surface area contributed by atoms with Crippen LogP contribution in [0.4, 0.5) is 0 Å². The van der Waals surface area contributed by atoms with Crippen molar-refractivity contribution < 1.29 is 19.7 Å². The van der Waals surface area contributed by atoms with Crippen LogP contribution in [0.1, 0.15) is 28.8 Å². The van der Waals surface area contributed by atoms with Gasteiger partial charge in [0.25, 0.3) is 0 Å². The first-order chi connectivity index (χ1) is 10.1. The van der Waals surface area contributed by atoms with E-state index in [0.29, 0.717) is 25.3 Å². The first kappa shape index (κ1) is 15.9. The van der Waals surface area contributed by atoms with Crippen molar-refractivity contribution in [1.29, 1.82) is 0 Å². The average molecular weight is 293 g/mol. The molecule has 1 aliphatic heterocycles. The van der Waals surface area contributed by atoms with Gasteiger partial charge in [0, 0.05) is 31.7 Å². The first-order valence-electron chi connectivity index (χ1n) is 7.25. The van der Waals surface area contributed by atoms with Gasteiger partial charge >= 0.3 is 5.97 Å². The summed E-state index contributed by atoms with van der Waals surface area (Å²) in [5.74, 6) is -0.901. The first-order valence-corrected chi connectivity index (χ1v) is 7.25. The van der Waals surface area contributed by atoms with E-state index in [1.54, 1.807) is 12.1 Å². The molecule has 5 heteroatoms. The van der Waals surface area contributed by atoms with E-state index in [4.69, 9.17) is 4.74 Å². The lowest BCUT2D eigenvalue weighted by molar-refractivity contribution is -0.0318. The second-order valence-electron chi connectivity index (χ2n) is 5.91. The molecular formula is C16H23NO4. The van der Waals surface area contributed by atoms with Crippen molar-refractivity contribution in [2.75, 3.05) is 33.4 Å². The molecule has 0 amide bonds. The molecule has 0 bridgehead atoms. The second-order valence-corrected chi connectivity index (χ2v) is 5.91. The zero-order chi connectivity index (χ0) is 15.3. The molecular weight excluding hydrogens is 270 g/mol. The summed E-state index contributed by atoms with van der Waals surface area (Å²) in [7, 11) is 1.96. The van der Waals surface area contributed by atoms with Crippen LogP contribution in [-0.2, 0) is 11.3 Å². The highest BCUT2D eigenvalue weighted by Gasteiger charge is 2.33. The highest BCUT2D eigenvalue weighted by atomic mass is 16.5. The van der Waals surface area contributed by atoms with E-state index >= 15 is 0 Å². The molecule has 21 heavy (non-hydrogen) atoms. The maximum absolute atomic E-state index is 11.2. The third-order valence-corrected chi connectivity index (χ3v) is 4.18. The minimum atomic E-state index is -0.901. The Morgan fingerprint density at radius 1 is 1.33 bits per heavy atom. The fourth-order valence-electron chi connectivity index (χ4n) is 2.96. The summed E-state index contributed by atoms with van der Waals surface area (Å²) in [6, 6.07) is 7.06. The number of hydrogen-bond acceptors (Lipinski definition) is 4. The van der Waals surface area contributed by atoms with E-state index < -0.39 is 5.97 Å². The minimum Gasteiger partial charge on any atom is -0.478 e. The van der Waals surface area contributed by atoms with Gasteiger partial charge in [-0.15, -0.1) is 0 Å². The van der Waals surface area contributed by atoms with Crippen LogP contribution in [0.25, 0.3) is 0 Å². The molecule has 0 aromatic heterocycles. The molecule has 0 spiro atoms. The van der Waals surface area contributed by atoms with Gasteiger partial charge in [0.1, 0.15) is 0 Å². The number of nitrogens with zero attached hydrogens (tertiary/aromatic N) is 1. The van der Waals surface area contributed by atoms with Crippen molar-refractivity contribution in [3.63, 3.8) is 0 Å². The third kappa shape index (κ3) is 4.03. The number of aliphatic hydroxyl groups excluding tert-OH is 1. The Morgan fingerprint density at radius 2 is 2.00 bits per heavy atom. The van der Waals surface area contributed by atoms with Crippen molar-refractivity contribution in [2.24, 2.45) is 5.41 Å². The van der Waals surface area contributed by atoms with Gasteiger partial charge in [-0.25, -0.2) is 4.79 Å². The van der Waals surface area contributed by atoms with E-state index in [-0.39, 0.29) is 12.0 Å². The fourth-order valence-corrected chi connectivity index (χ4v) is 2.96. The highest BCUT2D eigenvalue weighted by Crippen LogP contribution is 2.31. The van der Waals surface area contributed by atoms with Crippen LogP contribution < -0.4 is 0 Å². The largest absolute Gasteiger partial charge is 0.478 e. The Morgan fingerprint density at radius 3 is 2.62 bits per heavy atom. The number of carbonyl (C=O) groups is 1. The molecule has 1 aromatic carbocycles. The Bertz CT molecular complexity index is 483. The molecule has 116 valence electrons. The molecule has 0 aliphatic carbocycles. The van der Waals surface area contributed by atoms with E-state index in [1.165, 1.54) is 0 Å². The van der Waals surface area contributed by atoms with Crippen molar-refractivity contribution in [2.45, 2.75) is 19.4 Å². The minimum absolute atomic E-state index is 0.134. The molecule has 1 saturated heterocycles. The number of carboxylic acid groups (broad SMARTS) is 1. The summed E-state index contributed by atoms with van der Waals surface area (Å²) < 4.78 is 5.37. The predicted octanol–water partition coefficient (Wildman–Crippen LogP) is 1.61. The number of aromatic carboxylic acids is 1. The van der Waals surface area contributed by atoms with E-state index in [2.05, 4.69) is 4.90 Å². The van der Waals surface area contributed by atoms with E-state index in [9.17, 15) is 15.0 Å². The summed E-state index contributed by atoms with van der Waals surface area (Å²) in [6.07, 6.45) is 1.68. The second kappa shape index (κ2) is 7.02. The van der Waals surface area contributed by atoms with Crippen LogP contribution in [0.3, 0.4) is 0 Å². The van der Waals surface area contributed by atoms with Gasteiger partial charge in [-0.2, -0.15) is 0 Å². The summed E-state index contributed by atoms with van der Waals surface area (Å²) in [5, 5.41) is 18.9. The van der Waals surface area contributed by atoms with Crippen LogP contribution in [0.15, 0.2) is 24.3 Å². The van der Waals surface area contributed by atoms with Crippen LogP contribution in [0.2, 0.25) is 0 Å². The van der Waals surface area contributed by atoms with Gasteiger partial charge in [-0.3, -0.25) is 0 Å². The summed E-state index contributed by atoms with van der Waals surface area (Å²) >= 11 is 0. The molecule has 1 aliphatic rings. The van der Waals surface area contributed by atoms with Gasteiger partial charge in [-0.1, -0.05) is 18.2 Å². The smallest absolute Gasteiger partial charge is 0.336 e. The van der Waals surface area contributed by atoms with Crippen molar-refractivity contribution >= 4 is 5.97 Å². The third-order valence-electron chi connectivity index (χ3n) is 4.18. The maximum atomic E-state index is 11.2. The molecule has 0 radical (unpaired) electrons. The van der Waals surface area contributed by atoms with Crippen molar-refractivity contribution in [3.8, 4) is 0 Å². The number of ether oxygens (including phenoxy) is 1. The normalized spacial score (nSPS) is 17.9. The van der Waals surface area contributed by atoms with E-state index in [0.717, 1.165) is 24.9 Å². The molecule has 0 saturated carbocycles. The zero-order valence-corrected chi connectivity index (χ0v) is 12.4. The standard InChI is InChI=1S/C16H23NO4/c1-17(11-16(12-18)6-8-21-9-7-16)10-13-4-2-3-5-14(13)15(19)20/h2-5,18H,6-12H2,1H3,(H,19,20). The van der Waals surface area contributed by atoms with E-state index in [1.807, 2.05) is 19.2 Å². The number of hydrogen-bond donors (Lipinski definition) is 2. The molecule has 2 N–H and O–H groups in total. The quantitative estimate of drug-likeness (QED) is 0.834. The fraction of sp³-hybridized carbons (Fsp3) is 0.562. The Kier molecular flexibility index (Phi) is 5.33. The molecule has 1 fully saturated rings. The van der Waals surface area contributed by atoms with Crippen LogP contribution in [0.5, 0.6) is 0 Å². The van der Waals surface area contributed by atoms with Gasteiger partial charge in [-0.05, 0) is 31.5 Å². The predicted molar refractivity (Wildman–Crippen MR) is 79.3 cm³/mol. The number of rotatable bonds is 6. The van der Waals surface area contributed by atoms with Crippen molar-refractivity contribution in [1.82, 2.24) is 4.90 Å². The monoisotopic (exact) mass is 293 g/mol. The zero-order valence-electron chi connectivity index (χ0n) is 12.4. The molecule has 1 heterocycles. The lowest BCUT2D eigenvalue weighted by Gasteiger charge is -2.38. The Labute approximate surface area is 125 Å². The summed E-state index contributed by atoms with van der Waals surface area (Å²) in [6.45, 7) is 2.80. The maximum Gasteiger partial charge on any atom is 0.336 e. The number of carboxylic acids is 1. The molecule has 0 unspecified atom stereocenters. The Balaban J connectivity index is 2.04. The van der Waals surface area contributed by atoms with Crippen molar-refractivity contribution in [3.05, 3.63) is 35.4 Å². The number of benzene rings is 1. The highest BCUT2D eigenvalue weighted by molar-refractivity contribution is 5.89. The van der Waals surface area contributed by atoms with Gasteiger partial charge < -0.3 is 19.8 Å². The van der Waals surface area contributed by atoms with Gasteiger partial charge in [0.05, 0.1) is 12.2 Å². The lowest BCUT2D eigenvalue weighted by Crippen LogP contribution is -2.42. The lowest BCUT2D eigenvalue weighted by atomic mass is 9.80. The topological polar surface area (TPSA) is 70.0 Å². The Hall–Kier alpha value is -1.43. The van der Waals surface area contributed by atoms with Gasteiger partial charge in [0.2, 0.25) is 0 Å². The summed E-state index contributed by atoms with van der Waals surface area (Å²) in [4.78, 5) is 13.3. The molecule has 0 atom stereocenters. The number of aliphatic hydroxyl groups is 1. The molecule has 2 rings (SSSR count). The van der Waals surface area contributed by atoms with Gasteiger partial charge in [0.15, 0.2) is 0 Å². The van der Waals surface area contributed by atoms with Crippen LogP contribution in [0, 0.1) is 5.41 Å². The average Bonchev–Trinajstić information content (AvgIpc) is 2.48.